The van der Waals surface area contributed by atoms with Gasteiger partial charge in [-0.15, -0.1) is 0 Å². The van der Waals surface area contributed by atoms with Gasteiger partial charge in [-0.2, -0.15) is 0 Å². The molecule has 2 heteroatoms. The van der Waals surface area contributed by atoms with Gasteiger partial charge in [0.05, 0.1) is 0 Å². The van der Waals surface area contributed by atoms with E-state index in [2.05, 4.69) is 19.7 Å². The Morgan fingerprint density at radius 3 is 2.39 bits per heavy atom. The number of hydrogen-bond acceptors (Lipinski definition) is 1. The number of rotatable bonds is 7. The molecule has 18 heavy (non-hydrogen) atoms. The third-order valence-corrected chi connectivity index (χ3v) is 2.69. The lowest BCUT2D eigenvalue weighted by molar-refractivity contribution is -0.126. The first-order chi connectivity index (χ1) is 8.67. The van der Waals surface area contributed by atoms with Gasteiger partial charge in [0.1, 0.15) is 0 Å². The second kappa shape index (κ2) is 7.28. The summed E-state index contributed by atoms with van der Waals surface area (Å²) < 4.78 is 0. The smallest absolute Gasteiger partial charge is 0.246 e. The molecule has 0 atom stereocenters. The Balaban J connectivity index is 2.67. The molecule has 1 amide bonds. The molecular formula is C16H19NO. The summed E-state index contributed by atoms with van der Waals surface area (Å²) >= 11 is 0. The van der Waals surface area contributed by atoms with Gasteiger partial charge in [-0.25, -0.2) is 0 Å². The number of hydrogen-bond donors (Lipinski definition) is 0. The molecule has 0 fully saturated rings. The van der Waals surface area contributed by atoms with E-state index < -0.39 is 0 Å². The van der Waals surface area contributed by atoms with Gasteiger partial charge in [0.2, 0.25) is 5.91 Å². The molecule has 0 radical (unpaired) electrons. The fraction of sp³-hybridized carbons (Fsp3) is 0.188. The summed E-state index contributed by atoms with van der Waals surface area (Å²) in [6, 6.07) is 9.91. The quantitative estimate of drug-likeness (QED) is 0.529. The van der Waals surface area contributed by atoms with Crippen molar-refractivity contribution in [3.8, 4) is 0 Å². The normalized spacial score (nSPS) is 9.56. The average Bonchev–Trinajstić information content (AvgIpc) is 2.43. The van der Waals surface area contributed by atoms with Gasteiger partial charge in [0.25, 0.3) is 0 Å². The summed E-state index contributed by atoms with van der Waals surface area (Å²) in [6.07, 6.45) is 3.80. The molecule has 0 spiro atoms. The highest BCUT2D eigenvalue weighted by atomic mass is 16.2. The van der Waals surface area contributed by atoms with Gasteiger partial charge in [-0.3, -0.25) is 4.79 Å². The minimum atomic E-state index is -0.0595. The molecule has 0 N–H and O–H groups in total. The maximum absolute atomic E-state index is 11.8. The van der Waals surface area contributed by atoms with Crippen molar-refractivity contribution in [3.05, 3.63) is 73.4 Å². The summed E-state index contributed by atoms with van der Waals surface area (Å²) in [7, 11) is 0. The second-order valence-electron chi connectivity index (χ2n) is 4.06. The predicted octanol–water partition coefficient (Wildman–Crippen LogP) is 3.33. The lowest BCUT2D eigenvalue weighted by Gasteiger charge is -2.21. The van der Waals surface area contributed by atoms with Crippen molar-refractivity contribution in [2.24, 2.45) is 0 Å². The van der Waals surface area contributed by atoms with Crippen LogP contribution in [0.1, 0.15) is 12.0 Å². The van der Waals surface area contributed by atoms with Crippen LogP contribution in [0.25, 0.3) is 0 Å². The Morgan fingerprint density at radius 2 is 1.83 bits per heavy atom. The van der Waals surface area contributed by atoms with Crippen LogP contribution in [0.2, 0.25) is 0 Å². The number of amides is 1. The van der Waals surface area contributed by atoms with Crippen LogP contribution in [-0.2, 0) is 11.3 Å². The Hall–Kier alpha value is -2.09. The molecule has 1 aromatic rings. The van der Waals surface area contributed by atoms with Gasteiger partial charge < -0.3 is 4.90 Å². The zero-order chi connectivity index (χ0) is 13.4. The zero-order valence-corrected chi connectivity index (χ0v) is 10.6. The minimum absolute atomic E-state index is 0.0595. The van der Waals surface area contributed by atoms with Crippen LogP contribution in [0.15, 0.2) is 67.8 Å². The third kappa shape index (κ3) is 4.42. The van der Waals surface area contributed by atoms with Crippen LogP contribution in [-0.4, -0.2) is 17.4 Å². The summed E-state index contributed by atoms with van der Waals surface area (Å²) in [5, 5.41) is 0. The maximum atomic E-state index is 11.8. The summed E-state index contributed by atoms with van der Waals surface area (Å²) in [6.45, 7) is 12.3. The Kier molecular flexibility index (Phi) is 5.65. The van der Waals surface area contributed by atoms with Crippen LogP contribution in [0.4, 0.5) is 0 Å². The van der Waals surface area contributed by atoms with Gasteiger partial charge in [-0.1, -0.05) is 61.7 Å². The first-order valence-electron chi connectivity index (χ1n) is 5.93. The fourth-order valence-electron chi connectivity index (χ4n) is 1.58. The van der Waals surface area contributed by atoms with Crippen molar-refractivity contribution < 1.29 is 4.79 Å². The minimum Gasteiger partial charge on any atom is -0.335 e. The molecule has 0 saturated carbocycles. The molecule has 0 bridgehead atoms. The van der Waals surface area contributed by atoms with Crippen molar-refractivity contribution in [1.82, 2.24) is 4.90 Å². The van der Waals surface area contributed by atoms with Crippen molar-refractivity contribution >= 4 is 5.91 Å². The SMILES string of the molecule is C=CC(=C)CCN(Cc1ccccc1)C(=O)C=C. The monoisotopic (exact) mass is 241 g/mol. The highest BCUT2D eigenvalue weighted by Gasteiger charge is 2.10. The molecule has 0 heterocycles. The number of carbonyl (C=O) groups excluding carboxylic acids is 1. The lowest BCUT2D eigenvalue weighted by Crippen LogP contribution is -2.30. The molecule has 0 aliphatic carbocycles. The molecule has 0 aromatic heterocycles. The number of carbonyl (C=O) groups is 1. The van der Waals surface area contributed by atoms with Crippen molar-refractivity contribution in [1.29, 1.82) is 0 Å². The Labute approximate surface area is 109 Å². The van der Waals surface area contributed by atoms with E-state index in [1.54, 1.807) is 11.0 Å². The van der Waals surface area contributed by atoms with Gasteiger partial charge >= 0.3 is 0 Å². The fourth-order valence-corrected chi connectivity index (χ4v) is 1.58. The van der Waals surface area contributed by atoms with Crippen molar-refractivity contribution in [3.63, 3.8) is 0 Å². The molecular weight excluding hydrogens is 222 g/mol. The Bertz CT molecular complexity index is 434. The summed E-state index contributed by atoms with van der Waals surface area (Å²) in [5.74, 6) is -0.0595. The molecule has 0 unspecified atom stereocenters. The zero-order valence-electron chi connectivity index (χ0n) is 10.6. The van der Waals surface area contributed by atoms with Gasteiger partial charge in [0.15, 0.2) is 0 Å². The molecule has 94 valence electrons. The molecule has 0 aliphatic rings. The Morgan fingerprint density at radius 1 is 1.17 bits per heavy atom. The van der Waals surface area contributed by atoms with Crippen molar-refractivity contribution in [2.45, 2.75) is 13.0 Å². The predicted molar refractivity (Wildman–Crippen MR) is 76.0 cm³/mol. The molecule has 0 saturated heterocycles. The van der Waals surface area contributed by atoms with Crippen molar-refractivity contribution in [2.75, 3.05) is 6.54 Å². The van der Waals surface area contributed by atoms with Crippen LogP contribution in [0.3, 0.4) is 0 Å². The third-order valence-electron chi connectivity index (χ3n) is 2.69. The van der Waals surface area contributed by atoms with Crippen LogP contribution in [0.5, 0.6) is 0 Å². The highest BCUT2D eigenvalue weighted by Crippen LogP contribution is 2.08. The molecule has 1 aromatic carbocycles. The first-order valence-corrected chi connectivity index (χ1v) is 5.93. The van der Waals surface area contributed by atoms with E-state index in [0.717, 1.165) is 17.6 Å². The van der Waals surface area contributed by atoms with E-state index in [1.165, 1.54) is 6.08 Å². The molecule has 0 aliphatic heterocycles. The van der Waals surface area contributed by atoms with E-state index in [4.69, 9.17) is 0 Å². The highest BCUT2D eigenvalue weighted by molar-refractivity contribution is 5.86. The number of allylic oxidation sites excluding steroid dienone is 1. The largest absolute Gasteiger partial charge is 0.335 e. The van der Waals surface area contributed by atoms with E-state index in [0.29, 0.717) is 13.1 Å². The molecule has 1 rings (SSSR count). The van der Waals surface area contributed by atoms with E-state index >= 15 is 0 Å². The lowest BCUT2D eigenvalue weighted by atomic mass is 10.1. The summed E-state index contributed by atoms with van der Waals surface area (Å²) in [5.41, 5.74) is 2.04. The number of nitrogens with zero attached hydrogens (tertiary/aromatic N) is 1. The first kappa shape index (κ1) is 14.0. The summed E-state index contributed by atoms with van der Waals surface area (Å²) in [4.78, 5) is 13.5. The maximum Gasteiger partial charge on any atom is 0.246 e. The van der Waals surface area contributed by atoms with Gasteiger partial charge in [0, 0.05) is 13.1 Å². The standard InChI is InChI=1S/C16H19NO/c1-4-14(3)11-12-17(16(18)5-2)13-15-9-7-6-8-10-15/h4-10H,1-3,11-13H2. The van der Waals surface area contributed by atoms with E-state index in [1.807, 2.05) is 30.3 Å². The second-order valence-corrected chi connectivity index (χ2v) is 4.06. The van der Waals surface area contributed by atoms with Crippen LogP contribution >= 0.6 is 0 Å². The topological polar surface area (TPSA) is 20.3 Å². The van der Waals surface area contributed by atoms with E-state index in [9.17, 15) is 4.79 Å². The average molecular weight is 241 g/mol. The molecule has 2 nitrogen and oxygen atoms in total. The van der Waals surface area contributed by atoms with Crippen LogP contribution < -0.4 is 0 Å². The van der Waals surface area contributed by atoms with Gasteiger partial charge in [-0.05, 0) is 18.1 Å². The van der Waals surface area contributed by atoms with Crippen LogP contribution in [0, 0.1) is 0 Å². The number of benzene rings is 1. The van der Waals surface area contributed by atoms with E-state index in [-0.39, 0.29) is 5.91 Å².